The van der Waals surface area contributed by atoms with Gasteiger partial charge in [-0.3, -0.25) is 0 Å². The predicted molar refractivity (Wildman–Crippen MR) is 69.8 cm³/mol. The Kier molecular flexibility index (Phi) is 4.47. The lowest BCUT2D eigenvalue weighted by Crippen LogP contribution is -2.13. The number of rotatable bonds is 5. The maximum atomic E-state index is 13.1. The third-order valence-electron chi connectivity index (χ3n) is 2.77. The normalized spacial score (nSPS) is 12.2. The molecule has 0 saturated heterocycles. The second-order valence-corrected chi connectivity index (χ2v) is 4.17. The molecule has 0 aliphatic heterocycles. The fraction of sp³-hybridized carbons (Fsp3) is 0.200. The Labute approximate surface area is 110 Å². The lowest BCUT2D eigenvalue weighted by molar-refractivity contribution is 0.196. The third-order valence-corrected chi connectivity index (χ3v) is 2.77. The van der Waals surface area contributed by atoms with Gasteiger partial charge in [0.1, 0.15) is 11.9 Å². The Morgan fingerprint density at radius 2 is 1.74 bits per heavy atom. The molecule has 0 bridgehead atoms. The van der Waals surface area contributed by atoms with E-state index in [1.165, 1.54) is 6.07 Å². The molecule has 0 amide bonds. The van der Waals surface area contributed by atoms with Gasteiger partial charge in [0.15, 0.2) is 11.6 Å². The Hall–Kier alpha value is -1.94. The molecular weight excluding hydrogens is 248 g/mol. The highest BCUT2D eigenvalue weighted by Gasteiger charge is 2.13. The van der Waals surface area contributed by atoms with Gasteiger partial charge in [-0.25, -0.2) is 8.78 Å². The van der Waals surface area contributed by atoms with Crippen LogP contribution in [0.25, 0.3) is 0 Å². The van der Waals surface area contributed by atoms with Crippen LogP contribution in [-0.4, -0.2) is 6.54 Å². The van der Waals surface area contributed by atoms with Crippen LogP contribution in [0.2, 0.25) is 0 Å². The fourth-order valence-electron chi connectivity index (χ4n) is 1.83. The Bertz CT molecular complexity index is 531. The summed E-state index contributed by atoms with van der Waals surface area (Å²) in [5.74, 6) is -1.51. The number of benzene rings is 2. The van der Waals surface area contributed by atoms with Crippen LogP contribution in [0, 0.1) is 11.6 Å². The molecule has 1 unspecified atom stereocenters. The Morgan fingerprint density at radius 3 is 2.37 bits per heavy atom. The van der Waals surface area contributed by atoms with Crippen LogP contribution in [-0.2, 0) is 0 Å². The zero-order chi connectivity index (χ0) is 13.7. The van der Waals surface area contributed by atoms with Crippen molar-refractivity contribution in [2.24, 2.45) is 5.73 Å². The quantitative estimate of drug-likeness (QED) is 0.897. The minimum Gasteiger partial charge on any atom is -0.486 e. The molecule has 100 valence electrons. The molecular formula is C15H15F2NO. The molecule has 2 aromatic rings. The minimum absolute atomic E-state index is 0.268. The van der Waals surface area contributed by atoms with E-state index in [0.29, 0.717) is 18.7 Å². The molecule has 0 aliphatic carbocycles. The van der Waals surface area contributed by atoms with E-state index in [1.54, 1.807) is 0 Å². The first-order valence-corrected chi connectivity index (χ1v) is 6.07. The SMILES string of the molecule is NCCC(Oc1ccc(F)c(F)c1)c1ccccc1. The first-order chi connectivity index (χ1) is 9.20. The van der Waals surface area contributed by atoms with E-state index in [-0.39, 0.29) is 6.10 Å². The molecule has 0 aromatic heterocycles. The van der Waals surface area contributed by atoms with Gasteiger partial charge in [0.05, 0.1) is 0 Å². The summed E-state index contributed by atoms with van der Waals surface area (Å²) < 4.78 is 31.7. The van der Waals surface area contributed by atoms with Crippen molar-refractivity contribution in [2.75, 3.05) is 6.54 Å². The Morgan fingerprint density at radius 1 is 1.00 bits per heavy atom. The van der Waals surface area contributed by atoms with E-state index in [0.717, 1.165) is 17.7 Å². The topological polar surface area (TPSA) is 35.2 Å². The predicted octanol–water partition coefficient (Wildman–Crippen LogP) is 3.43. The number of ether oxygens (including phenoxy) is 1. The van der Waals surface area contributed by atoms with Crippen LogP contribution in [0.5, 0.6) is 5.75 Å². The second kappa shape index (κ2) is 6.29. The molecule has 2 aromatic carbocycles. The molecule has 0 aliphatic rings. The largest absolute Gasteiger partial charge is 0.486 e. The monoisotopic (exact) mass is 263 g/mol. The summed E-state index contributed by atoms with van der Waals surface area (Å²) in [6.07, 6.45) is 0.333. The van der Waals surface area contributed by atoms with Crippen molar-refractivity contribution in [3.05, 3.63) is 65.7 Å². The number of halogens is 2. The van der Waals surface area contributed by atoms with Crippen molar-refractivity contribution in [2.45, 2.75) is 12.5 Å². The molecule has 2 N–H and O–H groups in total. The lowest BCUT2D eigenvalue weighted by atomic mass is 10.1. The summed E-state index contributed by atoms with van der Waals surface area (Å²) >= 11 is 0. The van der Waals surface area contributed by atoms with Gasteiger partial charge in [0.2, 0.25) is 0 Å². The second-order valence-electron chi connectivity index (χ2n) is 4.17. The number of nitrogens with two attached hydrogens (primary N) is 1. The van der Waals surface area contributed by atoms with Crippen LogP contribution >= 0.6 is 0 Å². The molecule has 0 fully saturated rings. The summed E-state index contributed by atoms with van der Waals surface area (Å²) in [5, 5.41) is 0. The van der Waals surface area contributed by atoms with Gasteiger partial charge in [-0.1, -0.05) is 30.3 Å². The van der Waals surface area contributed by atoms with Crippen molar-refractivity contribution in [1.29, 1.82) is 0 Å². The van der Waals surface area contributed by atoms with Crippen LogP contribution < -0.4 is 10.5 Å². The lowest BCUT2D eigenvalue weighted by Gasteiger charge is -2.19. The molecule has 0 radical (unpaired) electrons. The molecule has 2 rings (SSSR count). The van der Waals surface area contributed by atoms with Crippen molar-refractivity contribution in [3.8, 4) is 5.75 Å². The average Bonchev–Trinajstić information content (AvgIpc) is 2.43. The van der Waals surface area contributed by atoms with Crippen LogP contribution in [0.1, 0.15) is 18.1 Å². The highest BCUT2D eigenvalue weighted by Crippen LogP contribution is 2.25. The summed E-state index contributed by atoms with van der Waals surface area (Å²) in [6, 6.07) is 13.0. The van der Waals surface area contributed by atoms with E-state index >= 15 is 0 Å². The molecule has 0 heterocycles. The summed E-state index contributed by atoms with van der Waals surface area (Å²) in [7, 11) is 0. The number of hydrogen-bond donors (Lipinski definition) is 1. The summed E-state index contributed by atoms with van der Waals surface area (Å²) in [5.41, 5.74) is 6.52. The average molecular weight is 263 g/mol. The van der Waals surface area contributed by atoms with Crippen LogP contribution in [0.4, 0.5) is 8.78 Å². The van der Waals surface area contributed by atoms with Gasteiger partial charge < -0.3 is 10.5 Å². The van der Waals surface area contributed by atoms with Gasteiger partial charge in [-0.05, 0) is 24.2 Å². The maximum Gasteiger partial charge on any atom is 0.162 e. The summed E-state index contributed by atoms with van der Waals surface area (Å²) in [6.45, 7) is 0.448. The van der Waals surface area contributed by atoms with E-state index in [4.69, 9.17) is 10.5 Å². The van der Waals surface area contributed by atoms with Gasteiger partial charge in [0, 0.05) is 12.5 Å². The van der Waals surface area contributed by atoms with Gasteiger partial charge in [0.25, 0.3) is 0 Å². The van der Waals surface area contributed by atoms with E-state index in [9.17, 15) is 8.78 Å². The molecule has 0 saturated carbocycles. The standard InChI is InChI=1S/C15H15F2NO/c16-13-7-6-12(10-14(13)17)19-15(8-9-18)11-4-2-1-3-5-11/h1-7,10,15H,8-9,18H2. The Balaban J connectivity index is 2.19. The smallest absolute Gasteiger partial charge is 0.162 e. The molecule has 1 atom stereocenters. The van der Waals surface area contributed by atoms with E-state index in [2.05, 4.69) is 0 Å². The number of hydrogen-bond acceptors (Lipinski definition) is 2. The maximum absolute atomic E-state index is 13.1. The zero-order valence-corrected chi connectivity index (χ0v) is 10.4. The van der Waals surface area contributed by atoms with Crippen LogP contribution in [0.15, 0.2) is 48.5 Å². The highest BCUT2D eigenvalue weighted by molar-refractivity contribution is 5.26. The van der Waals surface area contributed by atoms with Crippen molar-refractivity contribution in [1.82, 2.24) is 0 Å². The van der Waals surface area contributed by atoms with E-state index in [1.807, 2.05) is 30.3 Å². The summed E-state index contributed by atoms with van der Waals surface area (Å²) in [4.78, 5) is 0. The minimum atomic E-state index is -0.919. The first-order valence-electron chi connectivity index (χ1n) is 6.07. The van der Waals surface area contributed by atoms with Gasteiger partial charge >= 0.3 is 0 Å². The van der Waals surface area contributed by atoms with Crippen molar-refractivity contribution < 1.29 is 13.5 Å². The molecule has 2 nitrogen and oxygen atoms in total. The third kappa shape index (κ3) is 3.51. The molecule has 4 heteroatoms. The first kappa shape index (κ1) is 13.5. The van der Waals surface area contributed by atoms with Crippen molar-refractivity contribution in [3.63, 3.8) is 0 Å². The zero-order valence-electron chi connectivity index (χ0n) is 10.4. The van der Waals surface area contributed by atoms with Crippen LogP contribution in [0.3, 0.4) is 0 Å². The molecule has 19 heavy (non-hydrogen) atoms. The van der Waals surface area contributed by atoms with E-state index < -0.39 is 11.6 Å². The molecule has 0 spiro atoms. The fourth-order valence-corrected chi connectivity index (χ4v) is 1.83. The van der Waals surface area contributed by atoms with Gasteiger partial charge in [-0.15, -0.1) is 0 Å². The van der Waals surface area contributed by atoms with Gasteiger partial charge in [-0.2, -0.15) is 0 Å². The highest BCUT2D eigenvalue weighted by atomic mass is 19.2. The van der Waals surface area contributed by atoms with Crippen molar-refractivity contribution >= 4 is 0 Å².